The third kappa shape index (κ3) is 3.20. The van der Waals surface area contributed by atoms with Crippen LogP contribution in [0.4, 0.5) is 4.39 Å². The number of rotatable bonds is 3. The molecule has 102 valence electrons. The second-order valence-electron chi connectivity index (χ2n) is 4.90. The van der Waals surface area contributed by atoms with Crippen molar-refractivity contribution < 1.29 is 9.18 Å². The molecule has 0 aromatic heterocycles. The van der Waals surface area contributed by atoms with Gasteiger partial charge in [-0.1, -0.05) is 12.1 Å². The fourth-order valence-corrected chi connectivity index (χ4v) is 2.46. The van der Waals surface area contributed by atoms with Gasteiger partial charge >= 0.3 is 0 Å². The summed E-state index contributed by atoms with van der Waals surface area (Å²) >= 11 is 0. The highest BCUT2D eigenvalue weighted by Crippen LogP contribution is 2.19. The number of likely N-dealkylation sites (tertiary alicyclic amines) is 1. The van der Waals surface area contributed by atoms with E-state index >= 15 is 0 Å². The normalized spacial score (nSPS) is 19.8. The molecule has 1 saturated heterocycles. The number of carbonyl (C=O) groups is 1. The van der Waals surface area contributed by atoms with Crippen LogP contribution in [0, 0.1) is 5.82 Å². The zero-order chi connectivity index (χ0) is 13.8. The van der Waals surface area contributed by atoms with E-state index in [2.05, 4.69) is 0 Å². The van der Waals surface area contributed by atoms with E-state index in [1.54, 1.807) is 18.2 Å². The van der Waals surface area contributed by atoms with Gasteiger partial charge in [0.1, 0.15) is 5.82 Å². The molecule has 0 bridgehead atoms. The Bertz CT molecular complexity index is 499. The van der Waals surface area contributed by atoms with E-state index in [1.807, 2.05) is 11.8 Å². The zero-order valence-corrected chi connectivity index (χ0v) is 11.1. The number of halogens is 1. The molecule has 1 aromatic rings. The van der Waals surface area contributed by atoms with Crippen LogP contribution in [0.15, 0.2) is 30.3 Å². The van der Waals surface area contributed by atoms with Crippen molar-refractivity contribution in [1.82, 2.24) is 4.90 Å². The highest BCUT2D eigenvalue weighted by molar-refractivity contribution is 5.95. The molecule has 1 aliphatic heterocycles. The number of hydrogen-bond donors (Lipinski definition) is 1. The average Bonchev–Trinajstić information content (AvgIpc) is 2.87. The number of benzene rings is 1. The molecule has 1 aliphatic rings. The Morgan fingerprint density at radius 1 is 1.58 bits per heavy atom. The van der Waals surface area contributed by atoms with Crippen LogP contribution in [-0.4, -0.2) is 29.9 Å². The molecule has 2 rings (SSSR count). The smallest absolute Gasteiger partial charge is 0.247 e. The summed E-state index contributed by atoms with van der Waals surface area (Å²) in [5, 5.41) is 0. The van der Waals surface area contributed by atoms with Crippen LogP contribution >= 0.6 is 0 Å². The van der Waals surface area contributed by atoms with Gasteiger partial charge in [-0.25, -0.2) is 4.39 Å². The number of carbonyl (C=O) groups excluding carboxylic acids is 1. The van der Waals surface area contributed by atoms with Crippen LogP contribution in [-0.2, 0) is 4.79 Å². The summed E-state index contributed by atoms with van der Waals surface area (Å²) in [6.45, 7) is 3.08. The maximum Gasteiger partial charge on any atom is 0.247 e. The van der Waals surface area contributed by atoms with E-state index in [1.165, 1.54) is 12.1 Å². The summed E-state index contributed by atoms with van der Waals surface area (Å²) in [5.74, 6) is -0.326. The van der Waals surface area contributed by atoms with Crippen LogP contribution < -0.4 is 5.73 Å². The number of allylic oxidation sites excluding steroid dienone is 1. The van der Waals surface area contributed by atoms with Gasteiger partial charge in [0, 0.05) is 25.2 Å². The molecule has 19 heavy (non-hydrogen) atoms. The fraction of sp³-hybridized carbons (Fsp3) is 0.400. The number of nitrogens with two attached hydrogens (primary N) is 1. The second kappa shape index (κ2) is 5.97. The molecule has 4 heteroatoms. The number of hydrogen-bond acceptors (Lipinski definition) is 2. The lowest BCUT2D eigenvalue weighted by atomic mass is 10.1. The molecular weight excluding hydrogens is 243 g/mol. The molecule has 1 aromatic carbocycles. The van der Waals surface area contributed by atoms with E-state index in [0.717, 1.165) is 30.5 Å². The van der Waals surface area contributed by atoms with Gasteiger partial charge in [-0.3, -0.25) is 4.79 Å². The van der Waals surface area contributed by atoms with Gasteiger partial charge < -0.3 is 10.6 Å². The molecule has 0 aliphatic carbocycles. The Balaban J connectivity index is 2.14. The van der Waals surface area contributed by atoms with Crippen molar-refractivity contribution in [3.05, 3.63) is 41.7 Å². The van der Waals surface area contributed by atoms with Crippen LogP contribution in [0.5, 0.6) is 0 Å². The summed E-state index contributed by atoms with van der Waals surface area (Å²) in [6, 6.07) is 6.41. The van der Waals surface area contributed by atoms with E-state index in [0.29, 0.717) is 6.54 Å². The minimum atomic E-state index is -0.293. The minimum Gasteiger partial charge on any atom is -0.335 e. The van der Waals surface area contributed by atoms with E-state index in [-0.39, 0.29) is 17.8 Å². The molecule has 1 heterocycles. The van der Waals surface area contributed by atoms with Gasteiger partial charge in [0.2, 0.25) is 5.91 Å². The van der Waals surface area contributed by atoms with Gasteiger partial charge in [-0.15, -0.1) is 0 Å². The summed E-state index contributed by atoms with van der Waals surface area (Å²) in [6.07, 6.45) is 3.54. The first-order valence-electron chi connectivity index (χ1n) is 6.56. The predicted molar refractivity (Wildman–Crippen MR) is 73.8 cm³/mol. The maximum atomic E-state index is 13.1. The Labute approximate surface area is 112 Å². The molecule has 3 nitrogen and oxygen atoms in total. The third-order valence-corrected chi connectivity index (χ3v) is 3.55. The van der Waals surface area contributed by atoms with E-state index < -0.39 is 0 Å². The molecule has 0 spiro atoms. The Morgan fingerprint density at radius 3 is 3.05 bits per heavy atom. The zero-order valence-electron chi connectivity index (χ0n) is 11.1. The van der Waals surface area contributed by atoms with Crippen molar-refractivity contribution in [2.45, 2.75) is 25.8 Å². The highest BCUT2D eigenvalue weighted by Gasteiger charge is 2.26. The summed E-state index contributed by atoms with van der Waals surface area (Å²) in [5.41, 5.74) is 7.16. The molecular formula is C15H19FN2O. The van der Waals surface area contributed by atoms with Crippen molar-refractivity contribution in [1.29, 1.82) is 0 Å². The van der Waals surface area contributed by atoms with Gasteiger partial charge in [0.25, 0.3) is 0 Å². The van der Waals surface area contributed by atoms with Crippen LogP contribution in [0.25, 0.3) is 5.57 Å². The van der Waals surface area contributed by atoms with Crippen molar-refractivity contribution in [2.24, 2.45) is 5.73 Å². The van der Waals surface area contributed by atoms with Gasteiger partial charge in [0.05, 0.1) is 0 Å². The van der Waals surface area contributed by atoms with Crippen molar-refractivity contribution in [3.63, 3.8) is 0 Å². The van der Waals surface area contributed by atoms with Gasteiger partial charge in [-0.05, 0) is 43.0 Å². The van der Waals surface area contributed by atoms with Crippen molar-refractivity contribution in [3.8, 4) is 0 Å². The SMILES string of the molecule is C/C(=C/C(=O)N1CCCC1CN)c1cccc(F)c1. The topological polar surface area (TPSA) is 46.3 Å². The highest BCUT2D eigenvalue weighted by atomic mass is 19.1. The van der Waals surface area contributed by atoms with Crippen LogP contribution in [0.2, 0.25) is 0 Å². The fourth-order valence-electron chi connectivity index (χ4n) is 2.46. The minimum absolute atomic E-state index is 0.0327. The lowest BCUT2D eigenvalue weighted by Crippen LogP contribution is -2.39. The first-order valence-corrected chi connectivity index (χ1v) is 6.56. The summed E-state index contributed by atoms with van der Waals surface area (Å²) < 4.78 is 13.1. The lowest BCUT2D eigenvalue weighted by Gasteiger charge is -2.22. The quantitative estimate of drug-likeness (QED) is 0.849. The van der Waals surface area contributed by atoms with Gasteiger partial charge in [-0.2, -0.15) is 0 Å². The molecule has 0 saturated carbocycles. The lowest BCUT2D eigenvalue weighted by molar-refractivity contribution is -0.126. The molecule has 1 amide bonds. The maximum absolute atomic E-state index is 13.1. The molecule has 2 N–H and O–H groups in total. The van der Waals surface area contributed by atoms with E-state index in [9.17, 15) is 9.18 Å². The predicted octanol–water partition coefficient (Wildman–Crippen LogP) is 2.18. The Morgan fingerprint density at radius 2 is 2.37 bits per heavy atom. The summed E-state index contributed by atoms with van der Waals surface area (Å²) in [4.78, 5) is 14.0. The average molecular weight is 262 g/mol. The second-order valence-corrected chi connectivity index (χ2v) is 4.90. The number of amides is 1. The van der Waals surface area contributed by atoms with E-state index in [4.69, 9.17) is 5.73 Å². The molecule has 0 radical (unpaired) electrons. The monoisotopic (exact) mass is 262 g/mol. The van der Waals surface area contributed by atoms with Crippen LogP contribution in [0.3, 0.4) is 0 Å². The molecule has 1 fully saturated rings. The van der Waals surface area contributed by atoms with Crippen molar-refractivity contribution in [2.75, 3.05) is 13.1 Å². The van der Waals surface area contributed by atoms with Crippen LogP contribution in [0.1, 0.15) is 25.3 Å². The van der Waals surface area contributed by atoms with Crippen molar-refractivity contribution >= 4 is 11.5 Å². The largest absolute Gasteiger partial charge is 0.335 e. The Hall–Kier alpha value is -1.68. The first kappa shape index (κ1) is 13.7. The summed E-state index contributed by atoms with van der Waals surface area (Å²) in [7, 11) is 0. The third-order valence-electron chi connectivity index (χ3n) is 3.55. The molecule has 1 atom stereocenters. The van der Waals surface area contributed by atoms with Gasteiger partial charge in [0.15, 0.2) is 0 Å². The standard InChI is InChI=1S/C15H19FN2O/c1-11(12-4-2-5-13(16)9-12)8-15(19)18-7-3-6-14(18)10-17/h2,4-5,8-9,14H,3,6-7,10,17H2,1H3/b11-8-. The Kier molecular flexibility index (Phi) is 4.32. The molecule has 1 unspecified atom stereocenters. The number of nitrogens with zero attached hydrogens (tertiary/aromatic N) is 1. The first-order chi connectivity index (χ1) is 9.11.